The summed E-state index contributed by atoms with van der Waals surface area (Å²) in [5, 5.41) is 0. The Labute approximate surface area is 303 Å². The van der Waals surface area contributed by atoms with E-state index in [4.69, 9.17) is 66.2 Å². The first kappa shape index (κ1) is 49.8. The SMILES string of the molecule is CCCCCCCCOP(=S)([S-])OCCCCCCCC.CCCCCCCCOP(=S)([S-])OCCCCCCCC.[Zn+2]. The van der Waals surface area contributed by atoms with Gasteiger partial charge in [-0.2, -0.15) is 0 Å². The first-order chi connectivity index (χ1) is 20.2. The van der Waals surface area contributed by atoms with Crippen molar-refractivity contribution in [2.75, 3.05) is 26.4 Å². The summed E-state index contributed by atoms with van der Waals surface area (Å²) in [4.78, 5) is 0. The van der Waals surface area contributed by atoms with Crippen LogP contribution in [0, 0.1) is 0 Å². The van der Waals surface area contributed by atoms with E-state index in [9.17, 15) is 0 Å². The molecule has 0 aliphatic heterocycles. The number of rotatable bonds is 32. The van der Waals surface area contributed by atoms with Gasteiger partial charge in [-0.3, -0.25) is 0 Å². The average molecular weight is 772 g/mol. The maximum absolute atomic E-state index is 5.60. The van der Waals surface area contributed by atoms with Crippen LogP contribution >= 0.6 is 11.4 Å². The van der Waals surface area contributed by atoms with E-state index in [1.165, 1.54) is 128 Å². The zero-order valence-corrected chi connectivity index (χ0v) is 36.7. The molecule has 0 aromatic carbocycles. The normalized spacial score (nSPS) is 11.7. The molecule has 0 aliphatic carbocycles. The third-order valence-electron chi connectivity index (χ3n) is 6.99. The van der Waals surface area contributed by atoms with Crippen molar-refractivity contribution in [1.82, 2.24) is 0 Å². The Bertz CT molecular complexity index is 540. The van der Waals surface area contributed by atoms with Gasteiger partial charge in [-0.05, 0) is 25.7 Å². The second-order valence-electron chi connectivity index (χ2n) is 11.3. The average Bonchev–Trinajstić information content (AvgIpc) is 2.95. The third-order valence-corrected chi connectivity index (χ3v) is 11.5. The molecule has 0 unspecified atom stereocenters. The molecule has 0 aliphatic rings. The van der Waals surface area contributed by atoms with Gasteiger partial charge in [0.1, 0.15) is 0 Å². The van der Waals surface area contributed by atoms with Gasteiger partial charge in [0.2, 0.25) is 0 Å². The Balaban J connectivity index is -0.000000727. The van der Waals surface area contributed by atoms with Crippen molar-refractivity contribution < 1.29 is 37.6 Å². The van der Waals surface area contributed by atoms with Gasteiger partial charge in [0, 0.05) is 0 Å². The van der Waals surface area contributed by atoms with Crippen LogP contribution in [0.25, 0.3) is 0 Å². The standard InChI is InChI=1S/2C16H35O2PS2.Zn/c2*1-3-5-7-9-11-13-15-17-19(20,21)18-16-14-12-10-8-6-4-2;/h2*3-16H2,1-2H3,(H,20,21);/q;;+2/p-2. The van der Waals surface area contributed by atoms with Crippen molar-refractivity contribution in [2.45, 2.75) is 182 Å². The van der Waals surface area contributed by atoms with Crippen molar-refractivity contribution in [3.63, 3.8) is 0 Å². The van der Waals surface area contributed by atoms with Crippen molar-refractivity contribution >= 4 is 59.5 Å². The Morgan fingerprint density at radius 1 is 0.349 bits per heavy atom. The molecule has 0 spiro atoms. The first-order valence-electron chi connectivity index (χ1n) is 17.4. The number of hydrogen-bond donors (Lipinski definition) is 0. The molecule has 0 heterocycles. The summed E-state index contributed by atoms with van der Waals surface area (Å²) in [6.45, 7) is 11.6. The predicted molar refractivity (Wildman–Crippen MR) is 201 cm³/mol. The molecule has 0 N–H and O–H groups in total. The fraction of sp³-hybridized carbons (Fsp3) is 1.00. The zero-order chi connectivity index (χ0) is 31.6. The number of hydrogen-bond acceptors (Lipinski definition) is 8. The molecular weight excluding hydrogens is 704 g/mol. The summed E-state index contributed by atoms with van der Waals surface area (Å²) in [6, 6.07) is 0. The quantitative estimate of drug-likeness (QED) is 0.0290. The van der Waals surface area contributed by atoms with E-state index >= 15 is 0 Å². The Hall–Kier alpha value is 2.46. The molecule has 0 amide bonds. The molecule has 0 rings (SSSR count). The minimum atomic E-state index is -2.40. The molecule has 0 radical (unpaired) electrons. The fourth-order valence-corrected chi connectivity index (χ4v) is 7.66. The molecule has 4 nitrogen and oxygen atoms in total. The largest absolute Gasteiger partial charge is 2.00 e. The molecule has 0 saturated heterocycles. The summed E-state index contributed by atoms with van der Waals surface area (Å²) >= 11 is 21.1. The van der Waals surface area contributed by atoms with Gasteiger partial charge in [-0.15, -0.1) is 0 Å². The molecule has 0 bridgehead atoms. The van der Waals surface area contributed by atoms with Gasteiger partial charge >= 0.3 is 19.5 Å². The van der Waals surface area contributed by atoms with Crippen LogP contribution in [0.15, 0.2) is 0 Å². The van der Waals surface area contributed by atoms with Crippen molar-refractivity contribution in [3.05, 3.63) is 0 Å². The summed E-state index contributed by atoms with van der Waals surface area (Å²) in [5.41, 5.74) is -4.80. The minimum Gasteiger partial charge on any atom is -0.691 e. The first-order valence-corrected chi connectivity index (χ1v) is 24.7. The van der Waals surface area contributed by atoms with Crippen LogP contribution in [0.5, 0.6) is 0 Å². The molecule has 11 heteroatoms. The van der Waals surface area contributed by atoms with Gasteiger partial charge in [0.05, 0.1) is 37.8 Å². The van der Waals surface area contributed by atoms with Gasteiger partial charge in [-0.1, -0.05) is 180 Å². The van der Waals surface area contributed by atoms with Crippen molar-refractivity contribution in [1.29, 1.82) is 0 Å². The van der Waals surface area contributed by atoms with E-state index < -0.39 is 11.4 Å². The molecule has 43 heavy (non-hydrogen) atoms. The van der Waals surface area contributed by atoms with Crippen molar-refractivity contribution in [3.8, 4) is 0 Å². The van der Waals surface area contributed by atoms with Gasteiger partial charge in [-0.25, -0.2) is 0 Å². The summed E-state index contributed by atoms with van der Waals surface area (Å²) in [5.74, 6) is 0. The van der Waals surface area contributed by atoms with Gasteiger partial charge in [0.15, 0.2) is 0 Å². The van der Waals surface area contributed by atoms with Crippen LogP contribution in [0.2, 0.25) is 0 Å². The molecule has 256 valence electrons. The van der Waals surface area contributed by atoms with E-state index in [0.717, 1.165) is 25.7 Å². The zero-order valence-electron chi connectivity index (χ0n) is 28.7. The van der Waals surface area contributed by atoms with Crippen molar-refractivity contribution in [2.24, 2.45) is 0 Å². The van der Waals surface area contributed by atoms with E-state index in [0.29, 0.717) is 26.4 Å². The fourth-order valence-electron chi connectivity index (χ4n) is 4.31. The Morgan fingerprint density at radius 3 is 0.698 bits per heavy atom. The third kappa shape index (κ3) is 44.5. The Kier molecular flexibility index (Phi) is 45.1. The molecular formula is C32H68O4P2S4Zn. The second kappa shape index (κ2) is 38.9. The molecule has 0 atom stereocenters. The van der Waals surface area contributed by atoms with Crippen LogP contribution in [-0.4, -0.2) is 26.4 Å². The van der Waals surface area contributed by atoms with Crippen LogP contribution in [-0.2, 0) is 85.7 Å². The topological polar surface area (TPSA) is 36.9 Å². The van der Waals surface area contributed by atoms with E-state index in [1.54, 1.807) is 0 Å². The summed E-state index contributed by atoms with van der Waals surface area (Å²) < 4.78 is 22.4. The van der Waals surface area contributed by atoms with Crippen LogP contribution in [0.4, 0.5) is 0 Å². The molecule has 0 aromatic rings. The minimum absolute atomic E-state index is 0. The monoisotopic (exact) mass is 770 g/mol. The number of unbranched alkanes of at least 4 members (excludes halogenated alkanes) is 20. The van der Waals surface area contributed by atoms with Gasteiger partial charge < -0.3 is 42.6 Å². The summed E-state index contributed by atoms with van der Waals surface area (Å²) in [6.07, 6.45) is 30.0. The maximum Gasteiger partial charge on any atom is 2.00 e. The van der Waals surface area contributed by atoms with E-state index in [2.05, 4.69) is 27.7 Å². The smallest absolute Gasteiger partial charge is 0.691 e. The second-order valence-corrected chi connectivity index (χ2v) is 21.3. The molecule has 0 fully saturated rings. The summed E-state index contributed by atoms with van der Waals surface area (Å²) in [7, 11) is 0. The van der Waals surface area contributed by atoms with Gasteiger partial charge in [0.25, 0.3) is 0 Å². The molecule has 0 saturated carbocycles. The molecule has 0 aromatic heterocycles. The maximum atomic E-state index is 5.60. The predicted octanol–water partition coefficient (Wildman–Crippen LogP) is 13.0. The van der Waals surface area contributed by atoms with Crippen LogP contribution in [0.3, 0.4) is 0 Å². The van der Waals surface area contributed by atoms with E-state index in [-0.39, 0.29) is 19.5 Å². The van der Waals surface area contributed by atoms with Crippen LogP contribution < -0.4 is 0 Å². The Morgan fingerprint density at radius 2 is 0.512 bits per heavy atom. The van der Waals surface area contributed by atoms with Crippen LogP contribution in [0.1, 0.15) is 182 Å². The van der Waals surface area contributed by atoms with E-state index in [1.807, 2.05) is 0 Å².